The van der Waals surface area contributed by atoms with Gasteiger partial charge in [-0.1, -0.05) is 52.3 Å². The minimum atomic E-state index is -0.710. The standard InChI is InChI=1S/C24H21BrN2O3/c25-17-7-5-15(6-8-17)11-16-12-20-23(19-4-2-1-3-18(16)19)26-14-27(24(20)29)21-9-10-30-13-22(21)28/h1-8,12,14,21-22,28H,9-11,13H2/t21-,22-/m0/s1. The second kappa shape index (κ2) is 7.95. The van der Waals surface area contributed by atoms with Gasteiger partial charge in [-0.25, -0.2) is 4.98 Å². The SMILES string of the molecule is O=c1c2cc(Cc3ccc(Br)cc3)c3ccccc3c2ncn1[C@H]1CCOC[C@@H]1O. The molecule has 1 saturated heterocycles. The zero-order valence-electron chi connectivity index (χ0n) is 16.3. The van der Waals surface area contributed by atoms with Gasteiger partial charge < -0.3 is 9.84 Å². The van der Waals surface area contributed by atoms with Crippen LogP contribution < -0.4 is 5.56 Å². The average molecular weight is 465 g/mol. The molecule has 0 aliphatic carbocycles. The number of hydrogen-bond donors (Lipinski definition) is 1. The van der Waals surface area contributed by atoms with Crippen LogP contribution in [0, 0.1) is 0 Å². The molecule has 1 aliphatic rings. The number of rotatable bonds is 3. The summed E-state index contributed by atoms with van der Waals surface area (Å²) in [6.07, 6.45) is 2.18. The lowest BCUT2D eigenvalue weighted by atomic mass is 9.96. The Morgan fingerprint density at radius 3 is 2.63 bits per heavy atom. The van der Waals surface area contributed by atoms with Crippen molar-refractivity contribution in [2.45, 2.75) is 25.0 Å². The lowest BCUT2D eigenvalue weighted by Crippen LogP contribution is -2.39. The Morgan fingerprint density at radius 1 is 1.10 bits per heavy atom. The van der Waals surface area contributed by atoms with Crippen LogP contribution in [0.5, 0.6) is 0 Å². The zero-order valence-corrected chi connectivity index (χ0v) is 17.9. The first-order valence-electron chi connectivity index (χ1n) is 10.0. The molecule has 3 aromatic carbocycles. The van der Waals surface area contributed by atoms with Crippen LogP contribution in [0.25, 0.3) is 21.7 Å². The Bertz CT molecular complexity index is 1280. The summed E-state index contributed by atoms with van der Waals surface area (Å²) in [5.74, 6) is 0. The maximum absolute atomic E-state index is 13.4. The van der Waals surface area contributed by atoms with E-state index < -0.39 is 6.10 Å². The minimum absolute atomic E-state index is 0.117. The molecule has 5 rings (SSSR count). The van der Waals surface area contributed by atoms with Gasteiger partial charge in [-0.3, -0.25) is 9.36 Å². The van der Waals surface area contributed by atoms with Crippen LogP contribution in [0.4, 0.5) is 0 Å². The van der Waals surface area contributed by atoms with Crippen molar-refractivity contribution < 1.29 is 9.84 Å². The molecule has 5 nitrogen and oxygen atoms in total. The van der Waals surface area contributed by atoms with Crippen molar-refractivity contribution in [1.29, 1.82) is 0 Å². The fourth-order valence-corrected chi connectivity index (χ4v) is 4.55. The monoisotopic (exact) mass is 464 g/mol. The normalized spacial score (nSPS) is 19.4. The van der Waals surface area contributed by atoms with Gasteiger partial charge in [0.15, 0.2) is 0 Å². The molecule has 0 spiro atoms. The molecule has 30 heavy (non-hydrogen) atoms. The fraction of sp³-hybridized carbons (Fsp3) is 0.250. The van der Waals surface area contributed by atoms with Gasteiger partial charge >= 0.3 is 0 Å². The fourth-order valence-electron chi connectivity index (χ4n) is 4.29. The van der Waals surface area contributed by atoms with E-state index in [2.05, 4.69) is 39.1 Å². The van der Waals surface area contributed by atoms with E-state index in [0.29, 0.717) is 23.9 Å². The zero-order chi connectivity index (χ0) is 20.7. The van der Waals surface area contributed by atoms with Gasteiger partial charge in [-0.2, -0.15) is 0 Å². The van der Waals surface area contributed by atoms with E-state index in [9.17, 15) is 9.90 Å². The first-order valence-corrected chi connectivity index (χ1v) is 10.8. The molecular weight excluding hydrogens is 444 g/mol. The van der Waals surface area contributed by atoms with Crippen molar-refractivity contribution in [3.8, 4) is 0 Å². The van der Waals surface area contributed by atoms with Crippen LogP contribution in [0.3, 0.4) is 0 Å². The van der Waals surface area contributed by atoms with Crippen molar-refractivity contribution in [3.63, 3.8) is 0 Å². The first-order chi connectivity index (χ1) is 14.6. The molecular formula is C24H21BrN2O3. The maximum atomic E-state index is 13.4. The molecule has 2 atom stereocenters. The molecule has 2 heterocycles. The first kappa shape index (κ1) is 19.4. The third-order valence-corrected chi connectivity index (χ3v) is 6.36. The van der Waals surface area contributed by atoms with Crippen LogP contribution >= 0.6 is 15.9 Å². The number of aliphatic hydroxyl groups excluding tert-OH is 1. The molecule has 4 aromatic rings. The molecule has 0 saturated carbocycles. The van der Waals surface area contributed by atoms with E-state index in [4.69, 9.17) is 4.74 Å². The second-order valence-corrected chi connectivity index (χ2v) is 8.65. The van der Waals surface area contributed by atoms with E-state index in [-0.39, 0.29) is 18.2 Å². The topological polar surface area (TPSA) is 64.4 Å². The number of ether oxygens (including phenoxy) is 1. The number of benzene rings is 3. The van der Waals surface area contributed by atoms with Gasteiger partial charge in [0.2, 0.25) is 0 Å². The highest BCUT2D eigenvalue weighted by Gasteiger charge is 2.27. The van der Waals surface area contributed by atoms with Crippen LogP contribution in [0.1, 0.15) is 23.6 Å². The van der Waals surface area contributed by atoms with Gasteiger partial charge in [0, 0.05) is 16.5 Å². The van der Waals surface area contributed by atoms with E-state index in [1.807, 2.05) is 36.4 Å². The Morgan fingerprint density at radius 2 is 1.87 bits per heavy atom. The summed E-state index contributed by atoms with van der Waals surface area (Å²) in [6, 6.07) is 18.0. The van der Waals surface area contributed by atoms with Crippen LogP contribution in [0.15, 0.2) is 70.2 Å². The van der Waals surface area contributed by atoms with Gasteiger partial charge in [-0.05, 0) is 47.6 Å². The van der Waals surface area contributed by atoms with Gasteiger partial charge in [0.25, 0.3) is 5.56 Å². The van der Waals surface area contributed by atoms with Crippen molar-refractivity contribution in [3.05, 3.63) is 86.9 Å². The predicted octanol–water partition coefficient (Wildman–Crippen LogP) is 4.23. The Balaban J connectivity index is 1.70. The summed E-state index contributed by atoms with van der Waals surface area (Å²) >= 11 is 3.48. The highest BCUT2D eigenvalue weighted by Crippen LogP contribution is 2.29. The molecule has 1 aliphatic heterocycles. The van der Waals surface area contributed by atoms with Crippen LogP contribution in [0.2, 0.25) is 0 Å². The highest BCUT2D eigenvalue weighted by molar-refractivity contribution is 9.10. The number of nitrogens with zero attached hydrogens (tertiary/aromatic N) is 2. The minimum Gasteiger partial charge on any atom is -0.389 e. The summed E-state index contributed by atoms with van der Waals surface area (Å²) in [5.41, 5.74) is 2.85. The van der Waals surface area contributed by atoms with Crippen LogP contribution in [-0.2, 0) is 11.2 Å². The lowest BCUT2D eigenvalue weighted by molar-refractivity contribution is -0.0395. The molecule has 0 unspecified atom stereocenters. The Kier molecular flexibility index (Phi) is 5.15. The largest absolute Gasteiger partial charge is 0.389 e. The summed E-state index contributed by atoms with van der Waals surface area (Å²) in [4.78, 5) is 18.1. The summed E-state index contributed by atoms with van der Waals surface area (Å²) in [7, 11) is 0. The number of aromatic nitrogens is 2. The van der Waals surface area contributed by atoms with Gasteiger partial charge in [0.1, 0.15) is 0 Å². The summed E-state index contributed by atoms with van der Waals surface area (Å²) in [6.45, 7) is 0.764. The van der Waals surface area contributed by atoms with Crippen molar-refractivity contribution in [1.82, 2.24) is 9.55 Å². The molecule has 1 N–H and O–H groups in total. The van der Waals surface area contributed by atoms with Gasteiger partial charge in [-0.15, -0.1) is 0 Å². The second-order valence-electron chi connectivity index (χ2n) is 7.74. The molecule has 1 fully saturated rings. The number of halogens is 1. The van der Waals surface area contributed by atoms with Crippen molar-refractivity contribution in [2.24, 2.45) is 0 Å². The molecule has 0 radical (unpaired) electrons. The molecule has 6 heteroatoms. The van der Waals surface area contributed by atoms with E-state index >= 15 is 0 Å². The molecule has 0 amide bonds. The van der Waals surface area contributed by atoms with Crippen molar-refractivity contribution in [2.75, 3.05) is 13.2 Å². The van der Waals surface area contributed by atoms with Crippen molar-refractivity contribution >= 4 is 37.6 Å². The summed E-state index contributed by atoms with van der Waals surface area (Å²) < 4.78 is 7.94. The lowest BCUT2D eigenvalue weighted by Gasteiger charge is -2.29. The number of fused-ring (bicyclic) bond motifs is 3. The Labute approximate surface area is 182 Å². The number of aliphatic hydroxyl groups is 1. The molecule has 0 bridgehead atoms. The van der Waals surface area contributed by atoms with Crippen LogP contribution in [-0.4, -0.2) is 34.0 Å². The predicted molar refractivity (Wildman–Crippen MR) is 121 cm³/mol. The van der Waals surface area contributed by atoms with E-state index in [1.165, 1.54) is 5.56 Å². The third-order valence-electron chi connectivity index (χ3n) is 5.83. The van der Waals surface area contributed by atoms with E-state index in [1.54, 1.807) is 10.9 Å². The third kappa shape index (κ3) is 3.45. The molecule has 152 valence electrons. The van der Waals surface area contributed by atoms with Gasteiger partial charge in [0.05, 0.1) is 36.0 Å². The smallest absolute Gasteiger partial charge is 0.261 e. The average Bonchev–Trinajstić information content (AvgIpc) is 2.77. The maximum Gasteiger partial charge on any atom is 0.261 e. The molecule has 1 aromatic heterocycles. The quantitative estimate of drug-likeness (QED) is 0.460. The highest BCUT2D eigenvalue weighted by atomic mass is 79.9. The Hall–Kier alpha value is -2.54. The summed E-state index contributed by atoms with van der Waals surface area (Å²) in [5, 5.41) is 13.0. The number of hydrogen-bond acceptors (Lipinski definition) is 4. The van der Waals surface area contributed by atoms with E-state index in [0.717, 1.165) is 27.2 Å².